The highest BCUT2D eigenvalue weighted by atomic mass is 19.4. The minimum Gasteiger partial charge on any atom is -0.324 e. The molecule has 0 saturated carbocycles. The normalized spacial score (nSPS) is 15.5. The number of benzene rings is 2. The van der Waals surface area contributed by atoms with Gasteiger partial charge >= 0.3 is 6.18 Å². The van der Waals surface area contributed by atoms with Gasteiger partial charge in [0.25, 0.3) is 5.91 Å². The maximum atomic E-state index is 14.2. The molecule has 0 bridgehead atoms. The average Bonchev–Trinajstić information content (AvgIpc) is 3.47. The molecule has 4 aromatic rings. The number of halogens is 3. The second kappa shape index (κ2) is 13.5. The van der Waals surface area contributed by atoms with Crippen LogP contribution >= 0.6 is 0 Å². The van der Waals surface area contributed by atoms with Gasteiger partial charge in [-0.15, -0.1) is 0 Å². The van der Waals surface area contributed by atoms with Gasteiger partial charge in [0.15, 0.2) is 0 Å². The highest BCUT2D eigenvalue weighted by Crippen LogP contribution is 2.34. The molecule has 12 heteroatoms. The summed E-state index contributed by atoms with van der Waals surface area (Å²) in [6, 6.07) is 11.1. The molecule has 1 aliphatic heterocycles. The molecule has 2 N–H and O–H groups in total. The van der Waals surface area contributed by atoms with E-state index in [1.54, 1.807) is 42.9 Å². The van der Waals surface area contributed by atoms with Crippen molar-refractivity contribution in [2.45, 2.75) is 46.0 Å². The van der Waals surface area contributed by atoms with Crippen LogP contribution < -0.4 is 10.6 Å². The fourth-order valence-electron chi connectivity index (χ4n) is 5.52. The van der Waals surface area contributed by atoms with Crippen molar-refractivity contribution in [3.63, 3.8) is 0 Å². The lowest BCUT2D eigenvalue weighted by Crippen LogP contribution is -2.37. The molecule has 0 spiro atoms. The number of likely N-dealkylation sites (tertiary alicyclic amines) is 1. The lowest BCUT2D eigenvalue weighted by atomic mass is 10.0. The van der Waals surface area contributed by atoms with Crippen molar-refractivity contribution in [1.82, 2.24) is 29.7 Å². The van der Waals surface area contributed by atoms with Crippen molar-refractivity contribution >= 4 is 23.2 Å². The Hall–Kier alpha value is -4.42. The summed E-state index contributed by atoms with van der Waals surface area (Å²) in [4.78, 5) is 34.4. The van der Waals surface area contributed by atoms with E-state index in [9.17, 15) is 18.0 Å². The van der Waals surface area contributed by atoms with Crippen molar-refractivity contribution in [3.05, 3.63) is 89.6 Å². The van der Waals surface area contributed by atoms with Gasteiger partial charge in [0.2, 0.25) is 5.95 Å². The van der Waals surface area contributed by atoms with Crippen LogP contribution in [0.25, 0.3) is 11.3 Å². The van der Waals surface area contributed by atoms with E-state index in [1.807, 2.05) is 6.92 Å². The molecule has 1 fully saturated rings. The summed E-state index contributed by atoms with van der Waals surface area (Å²) >= 11 is 0. The Balaban J connectivity index is 1.30. The molecule has 0 aliphatic carbocycles. The smallest absolute Gasteiger partial charge is 0.324 e. The Morgan fingerprint density at radius 3 is 2.57 bits per heavy atom. The number of hydrogen-bond donors (Lipinski definition) is 2. The number of carbonyl (C=O) groups is 1. The minimum atomic E-state index is -4.59. The molecule has 9 nitrogen and oxygen atoms in total. The zero-order valence-corrected chi connectivity index (χ0v) is 24.9. The average molecular weight is 605 g/mol. The molecule has 5 rings (SSSR count). The second-order valence-corrected chi connectivity index (χ2v) is 10.8. The van der Waals surface area contributed by atoms with Crippen LogP contribution in [0.4, 0.5) is 30.5 Å². The lowest BCUT2D eigenvalue weighted by molar-refractivity contribution is -0.138. The van der Waals surface area contributed by atoms with Gasteiger partial charge in [-0.1, -0.05) is 26.0 Å². The number of carbonyl (C=O) groups excluding carboxylic acids is 1. The van der Waals surface area contributed by atoms with Crippen LogP contribution in [-0.2, 0) is 12.7 Å². The molecular weight excluding hydrogens is 569 g/mol. The second-order valence-electron chi connectivity index (χ2n) is 10.8. The third-order valence-corrected chi connectivity index (χ3v) is 7.90. The maximum absolute atomic E-state index is 14.2. The van der Waals surface area contributed by atoms with E-state index in [4.69, 9.17) is 0 Å². The van der Waals surface area contributed by atoms with Crippen LogP contribution in [0, 0.1) is 6.92 Å². The van der Waals surface area contributed by atoms with Crippen LogP contribution in [-0.4, -0.2) is 67.9 Å². The van der Waals surface area contributed by atoms with Crippen molar-refractivity contribution < 1.29 is 18.0 Å². The molecule has 1 atom stereocenters. The summed E-state index contributed by atoms with van der Waals surface area (Å²) in [6.45, 7) is 9.54. The Kier molecular flexibility index (Phi) is 9.50. The summed E-state index contributed by atoms with van der Waals surface area (Å²) in [6.07, 6.45) is 2.66. The van der Waals surface area contributed by atoms with E-state index >= 15 is 0 Å². The van der Waals surface area contributed by atoms with E-state index in [0.29, 0.717) is 29.1 Å². The molecule has 2 aromatic heterocycles. The van der Waals surface area contributed by atoms with E-state index in [-0.39, 0.29) is 17.7 Å². The van der Waals surface area contributed by atoms with E-state index in [1.165, 1.54) is 18.5 Å². The first-order valence-electron chi connectivity index (χ1n) is 14.6. The van der Waals surface area contributed by atoms with Gasteiger partial charge in [-0.05, 0) is 67.9 Å². The number of nitrogens with one attached hydrogen (secondary N) is 2. The van der Waals surface area contributed by atoms with Crippen LogP contribution in [0.5, 0.6) is 0 Å². The Morgan fingerprint density at radius 1 is 1.07 bits per heavy atom. The number of aromatic nitrogens is 4. The molecule has 3 heterocycles. The van der Waals surface area contributed by atoms with Crippen molar-refractivity contribution in [2.24, 2.45) is 0 Å². The largest absolute Gasteiger partial charge is 0.416 e. The zero-order chi connectivity index (χ0) is 31.3. The number of alkyl halides is 3. The van der Waals surface area contributed by atoms with Gasteiger partial charge in [-0.2, -0.15) is 13.2 Å². The number of amides is 1. The summed E-state index contributed by atoms with van der Waals surface area (Å²) in [5, 5.41) is 5.88. The van der Waals surface area contributed by atoms with Crippen LogP contribution in [0.15, 0.2) is 67.4 Å². The molecule has 1 saturated heterocycles. The van der Waals surface area contributed by atoms with Gasteiger partial charge < -0.3 is 10.6 Å². The Morgan fingerprint density at radius 2 is 1.84 bits per heavy atom. The fourth-order valence-corrected chi connectivity index (χ4v) is 5.52. The van der Waals surface area contributed by atoms with E-state index in [0.717, 1.165) is 49.8 Å². The summed E-state index contributed by atoms with van der Waals surface area (Å²) in [5.41, 5.74) is 2.56. The van der Waals surface area contributed by atoms with Crippen LogP contribution in [0.3, 0.4) is 0 Å². The van der Waals surface area contributed by atoms with Crippen molar-refractivity contribution in [3.8, 4) is 11.3 Å². The lowest BCUT2D eigenvalue weighted by Gasteiger charge is -2.26. The molecule has 0 unspecified atom stereocenters. The standard InChI is InChI=1S/C32H35F3N8O/c1-4-43(5-2)26-11-13-42(19-26)18-23-8-7-22(14-27(23)32(33,34)35)30(44)39-25-9-6-21(3)29(15-25)41-31-38-12-10-28(40-31)24-16-36-20-37-17-24/h6-10,12,14-17,20,26H,4-5,11,13,18-19H2,1-3H3,(H,39,44)(H,38,40,41)/t26-/m0/s1. The van der Waals surface area contributed by atoms with E-state index < -0.39 is 17.6 Å². The van der Waals surface area contributed by atoms with E-state index in [2.05, 4.69) is 54.2 Å². The quantitative estimate of drug-likeness (QED) is 0.222. The predicted molar refractivity (Wildman–Crippen MR) is 164 cm³/mol. The molecule has 0 radical (unpaired) electrons. The third-order valence-electron chi connectivity index (χ3n) is 7.90. The molecular formula is C32H35F3N8O. The summed E-state index contributed by atoms with van der Waals surface area (Å²) in [5.74, 6) is -0.313. The van der Waals surface area contributed by atoms with Gasteiger partial charge in [0, 0.05) is 66.8 Å². The predicted octanol–water partition coefficient (Wildman–Crippen LogP) is 6.17. The topological polar surface area (TPSA) is 99.2 Å². The number of aryl methyl sites for hydroxylation is 1. The number of likely N-dealkylation sites (N-methyl/N-ethyl adjacent to an activating group) is 1. The first-order chi connectivity index (χ1) is 21.1. The van der Waals surface area contributed by atoms with Crippen LogP contribution in [0.2, 0.25) is 0 Å². The molecule has 1 amide bonds. The van der Waals surface area contributed by atoms with Gasteiger partial charge in [0.1, 0.15) is 6.33 Å². The molecule has 1 aliphatic rings. The zero-order valence-electron chi connectivity index (χ0n) is 24.9. The monoisotopic (exact) mass is 604 g/mol. The SMILES string of the molecule is CCN(CC)[C@H]1CCN(Cc2ccc(C(=O)Nc3ccc(C)c(Nc4nccc(-c5cncnc5)n4)c3)cc2C(F)(F)F)C1. The first kappa shape index (κ1) is 31.0. The van der Waals surface area contributed by atoms with Gasteiger partial charge in [0.05, 0.1) is 11.3 Å². The van der Waals surface area contributed by atoms with Gasteiger partial charge in [-0.3, -0.25) is 14.6 Å². The Labute approximate surface area is 254 Å². The number of nitrogens with zero attached hydrogens (tertiary/aromatic N) is 6. The number of rotatable bonds is 10. The van der Waals surface area contributed by atoms with Crippen molar-refractivity contribution in [2.75, 3.05) is 36.8 Å². The highest BCUT2D eigenvalue weighted by molar-refractivity contribution is 6.04. The van der Waals surface area contributed by atoms with Gasteiger partial charge in [-0.25, -0.2) is 19.9 Å². The van der Waals surface area contributed by atoms with Crippen molar-refractivity contribution in [1.29, 1.82) is 0 Å². The fraction of sp³-hybridized carbons (Fsp3) is 0.344. The summed E-state index contributed by atoms with van der Waals surface area (Å²) < 4.78 is 42.5. The number of hydrogen-bond acceptors (Lipinski definition) is 8. The highest BCUT2D eigenvalue weighted by Gasteiger charge is 2.35. The molecule has 2 aromatic carbocycles. The third kappa shape index (κ3) is 7.37. The Bertz CT molecular complexity index is 1590. The number of anilines is 3. The maximum Gasteiger partial charge on any atom is 0.416 e. The van der Waals surface area contributed by atoms with Crippen LogP contribution in [0.1, 0.15) is 47.3 Å². The first-order valence-corrected chi connectivity index (χ1v) is 14.6. The molecule has 44 heavy (non-hydrogen) atoms. The summed E-state index contributed by atoms with van der Waals surface area (Å²) in [7, 11) is 0. The molecule has 230 valence electrons. The minimum absolute atomic E-state index is 0.0697.